The molecule has 2 aromatic rings. The van der Waals surface area contributed by atoms with Gasteiger partial charge in [0.1, 0.15) is 12.4 Å². The zero-order valence-electron chi connectivity index (χ0n) is 11.6. The SMILES string of the molecule is Cc1cc(OCc2cccc(F)c2F)ccc1C#CCN. The number of rotatable bonds is 3. The van der Waals surface area contributed by atoms with Gasteiger partial charge in [-0.3, -0.25) is 0 Å². The van der Waals surface area contributed by atoms with Crippen LogP contribution in [0, 0.1) is 30.4 Å². The van der Waals surface area contributed by atoms with Gasteiger partial charge < -0.3 is 10.5 Å². The number of nitrogens with two attached hydrogens (primary N) is 1. The summed E-state index contributed by atoms with van der Waals surface area (Å²) < 4.78 is 32.1. The zero-order valence-corrected chi connectivity index (χ0v) is 11.6. The Morgan fingerprint density at radius 1 is 1.19 bits per heavy atom. The van der Waals surface area contributed by atoms with Crippen LogP contribution in [0.3, 0.4) is 0 Å². The molecule has 0 aromatic heterocycles. The van der Waals surface area contributed by atoms with Gasteiger partial charge in [0, 0.05) is 11.1 Å². The van der Waals surface area contributed by atoms with Crippen LogP contribution in [-0.4, -0.2) is 6.54 Å². The van der Waals surface area contributed by atoms with Crippen LogP contribution in [0.25, 0.3) is 0 Å². The smallest absolute Gasteiger partial charge is 0.165 e. The van der Waals surface area contributed by atoms with E-state index in [1.807, 2.05) is 13.0 Å². The molecule has 2 aromatic carbocycles. The van der Waals surface area contributed by atoms with Crippen molar-refractivity contribution in [2.75, 3.05) is 6.54 Å². The van der Waals surface area contributed by atoms with Gasteiger partial charge in [0.05, 0.1) is 6.54 Å². The van der Waals surface area contributed by atoms with Crippen LogP contribution < -0.4 is 10.5 Å². The fourth-order valence-corrected chi connectivity index (χ4v) is 1.83. The van der Waals surface area contributed by atoms with Gasteiger partial charge in [0.15, 0.2) is 11.6 Å². The predicted octanol–water partition coefficient (Wildman–Crippen LogP) is 3.16. The first kappa shape index (κ1) is 15.0. The number of aryl methyl sites for hydroxylation is 1. The summed E-state index contributed by atoms with van der Waals surface area (Å²) >= 11 is 0. The van der Waals surface area contributed by atoms with Gasteiger partial charge >= 0.3 is 0 Å². The highest BCUT2D eigenvalue weighted by atomic mass is 19.2. The molecule has 0 bridgehead atoms. The Hall–Kier alpha value is -2.38. The lowest BCUT2D eigenvalue weighted by atomic mass is 10.1. The van der Waals surface area contributed by atoms with E-state index in [2.05, 4.69) is 11.8 Å². The van der Waals surface area contributed by atoms with Crippen molar-refractivity contribution >= 4 is 0 Å². The van der Waals surface area contributed by atoms with Gasteiger partial charge in [-0.1, -0.05) is 24.0 Å². The third kappa shape index (κ3) is 3.80. The summed E-state index contributed by atoms with van der Waals surface area (Å²) in [6.45, 7) is 2.17. The van der Waals surface area contributed by atoms with Gasteiger partial charge in [-0.15, -0.1) is 0 Å². The molecule has 0 radical (unpaired) electrons. The van der Waals surface area contributed by atoms with E-state index in [0.29, 0.717) is 12.3 Å². The van der Waals surface area contributed by atoms with Gasteiger partial charge in [0.2, 0.25) is 0 Å². The molecule has 2 nitrogen and oxygen atoms in total. The highest BCUT2D eigenvalue weighted by Crippen LogP contribution is 2.19. The first-order chi connectivity index (χ1) is 10.1. The summed E-state index contributed by atoms with van der Waals surface area (Å²) in [5.74, 6) is 4.56. The van der Waals surface area contributed by atoms with Crippen molar-refractivity contribution in [2.45, 2.75) is 13.5 Å². The highest BCUT2D eigenvalue weighted by Gasteiger charge is 2.08. The van der Waals surface area contributed by atoms with Crippen molar-refractivity contribution in [3.8, 4) is 17.6 Å². The minimum Gasteiger partial charge on any atom is -0.489 e. The molecule has 0 saturated carbocycles. The van der Waals surface area contributed by atoms with E-state index >= 15 is 0 Å². The normalized spacial score (nSPS) is 9.90. The van der Waals surface area contributed by atoms with Crippen molar-refractivity contribution < 1.29 is 13.5 Å². The fraction of sp³-hybridized carbons (Fsp3) is 0.176. The predicted molar refractivity (Wildman–Crippen MR) is 77.8 cm³/mol. The highest BCUT2D eigenvalue weighted by molar-refractivity contribution is 5.44. The van der Waals surface area contributed by atoms with Crippen molar-refractivity contribution in [2.24, 2.45) is 5.73 Å². The van der Waals surface area contributed by atoms with Crippen LogP contribution in [0.2, 0.25) is 0 Å². The molecule has 0 saturated heterocycles. The average Bonchev–Trinajstić information content (AvgIpc) is 2.48. The number of hydrogen-bond acceptors (Lipinski definition) is 2. The number of halogens is 2. The summed E-state index contributed by atoms with van der Waals surface area (Å²) in [5.41, 5.74) is 7.31. The molecule has 4 heteroatoms. The third-order valence-electron chi connectivity index (χ3n) is 2.95. The molecule has 108 valence electrons. The Labute approximate surface area is 122 Å². The molecule has 0 amide bonds. The first-order valence-corrected chi connectivity index (χ1v) is 6.47. The fourth-order valence-electron chi connectivity index (χ4n) is 1.83. The van der Waals surface area contributed by atoms with Crippen molar-refractivity contribution in [3.05, 3.63) is 64.7 Å². The second-order valence-electron chi connectivity index (χ2n) is 4.48. The quantitative estimate of drug-likeness (QED) is 0.880. The Morgan fingerprint density at radius 2 is 2.00 bits per heavy atom. The maximum Gasteiger partial charge on any atom is 0.165 e. The number of benzene rings is 2. The van der Waals surface area contributed by atoms with Gasteiger partial charge in [0.25, 0.3) is 0 Å². The van der Waals surface area contributed by atoms with Crippen LogP contribution in [0.4, 0.5) is 8.78 Å². The van der Waals surface area contributed by atoms with E-state index in [1.165, 1.54) is 12.1 Å². The van der Waals surface area contributed by atoms with E-state index in [1.54, 1.807) is 12.1 Å². The third-order valence-corrected chi connectivity index (χ3v) is 2.95. The molecule has 2 rings (SSSR count). The molecule has 0 aliphatic carbocycles. The summed E-state index contributed by atoms with van der Waals surface area (Å²) in [4.78, 5) is 0. The van der Waals surface area contributed by atoms with Crippen LogP contribution in [0.5, 0.6) is 5.75 Å². The van der Waals surface area contributed by atoms with Crippen LogP contribution in [0.1, 0.15) is 16.7 Å². The lowest BCUT2D eigenvalue weighted by Gasteiger charge is -2.09. The van der Waals surface area contributed by atoms with Crippen LogP contribution >= 0.6 is 0 Å². The average molecular weight is 287 g/mol. The molecule has 0 fully saturated rings. The molecule has 0 unspecified atom stereocenters. The standard InChI is InChI=1S/C17H15F2NO/c1-12-10-15(8-7-13(12)5-3-9-20)21-11-14-4-2-6-16(18)17(14)19/h2,4,6-8,10H,9,11,20H2,1H3. The second kappa shape index (κ2) is 6.87. The lowest BCUT2D eigenvalue weighted by Crippen LogP contribution is -2.00. The summed E-state index contributed by atoms with van der Waals surface area (Å²) in [7, 11) is 0. The number of ether oxygens (including phenoxy) is 1. The second-order valence-corrected chi connectivity index (χ2v) is 4.48. The Kier molecular flexibility index (Phi) is 4.91. The van der Waals surface area contributed by atoms with E-state index in [4.69, 9.17) is 10.5 Å². The minimum absolute atomic E-state index is 0.0309. The van der Waals surface area contributed by atoms with Crippen LogP contribution in [0.15, 0.2) is 36.4 Å². The minimum atomic E-state index is -0.875. The van der Waals surface area contributed by atoms with E-state index < -0.39 is 11.6 Å². The number of hydrogen-bond donors (Lipinski definition) is 1. The Balaban J connectivity index is 2.10. The molecule has 21 heavy (non-hydrogen) atoms. The largest absolute Gasteiger partial charge is 0.489 e. The van der Waals surface area contributed by atoms with Gasteiger partial charge in [-0.05, 0) is 36.8 Å². The molecule has 0 aliphatic rings. The summed E-state index contributed by atoms with van der Waals surface area (Å²) in [5, 5.41) is 0. The molecule has 0 spiro atoms. The Morgan fingerprint density at radius 3 is 2.71 bits per heavy atom. The molecule has 0 aliphatic heterocycles. The van der Waals surface area contributed by atoms with E-state index in [9.17, 15) is 8.78 Å². The molecular formula is C17H15F2NO. The maximum absolute atomic E-state index is 13.5. The zero-order chi connectivity index (χ0) is 15.2. The van der Waals surface area contributed by atoms with E-state index in [-0.39, 0.29) is 12.2 Å². The molecular weight excluding hydrogens is 272 g/mol. The van der Waals surface area contributed by atoms with Crippen molar-refractivity contribution in [1.82, 2.24) is 0 Å². The Bertz CT molecular complexity index is 702. The first-order valence-electron chi connectivity index (χ1n) is 6.47. The van der Waals surface area contributed by atoms with Crippen molar-refractivity contribution in [3.63, 3.8) is 0 Å². The van der Waals surface area contributed by atoms with Crippen LogP contribution in [-0.2, 0) is 6.61 Å². The molecule has 2 N–H and O–H groups in total. The van der Waals surface area contributed by atoms with E-state index in [0.717, 1.165) is 17.2 Å². The maximum atomic E-state index is 13.5. The molecule has 0 heterocycles. The van der Waals surface area contributed by atoms with Crippen molar-refractivity contribution in [1.29, 1.82) is 0 Å². The van der Waals surface area contributed by atoms with Gasteiger partial charge in [-0.2, -0.15) is 0 Å². The topological polar surface area (TPSA) is 35.2 Å². The molecule has 0 atom stereocenters. The summed E-state index contributed by atoms with van der Waals surface area (Å²) in [6.07, 6.45) is 0. The summed E-state index contributed by atoms with van der Waals surface area (Å²) in [6, 6.07) is 9.38. The lowest BCUT2D eigenvalue weighted by molar-refractivity contribution is 0.297. The monoisotopic (exact) mass is 287 g/mol. The van der Waals surface area contributed by atoms with Gasteiger partial charge in [-0.25, -0.2) is 8.78 Å².